The van der Waals surface area contributed by atoms with Crippen molar-refractivity contribution in [2.75, 3.05) is 13.7 Å². The van der Waals surface area contributed by atoms with E-state index in [-0.39, 0.29) is 11.9 Å². The van der Waals surface area contributed by atoms with Crippen molar-refractivity contribution < 1.29 is 9.53 Å². The Labute approximate surface area is 101 Å². The number of hydrogen-bond acceptors (Lipinski definition) is 3. The Morgan fingerprint density at radius 2 is 2.12 bits per heavy atom. The van der Waals surface area contributed by atoms with Gasteiger partial charge in [-0.2, -0.15) is 5.26 Å². The van der Waals surface area contributed by atoms with E-state index in [0.29, 0.717) is 17.7 Å². The van der Waals surface area contributed by atoms with E-state index in [1.54, 1.807) is 31.4 Å². The summed E-state index contributed by atoms with van der Waals surface area (Å²) in [5.74, 6) is -0.140. The van der Waals surface area contributed by atoms with E-state index in [9.17, 15) is 4.79 Å². The summed E-state index contributed by atoms with van der Waals surface area (Å²) in [6.07, 6.45) is 0.815. The predicted molar refractivity (Wildman–Crippen MR) is 64.6 cm³/mol. The molecule has 0 aliphatic heterocycles. The molecule has 0 heterocycles. The second-order valence-corrected chi connectivity index (χ2v) is 3.72. The van der Waals surface area contributed by atoms with Gasteiger partial charge in [-0.05, 0) is 30.7 Å². The molecule has 1 atom stereocenters. The van der Waals surface area contributed by atoms with Crippen LogP contribution in [0.2, 0.25) is 0 Å². The Morgan fingerprint density at radius 1 is 1.47 bits per heavy atom. The summed E-state index contributed by atoms with van der Waals surface area (Å²) in [6.45, 7) is 2.49. The summed E-state index contributed by atoms with van der Waals surface area (Å²) in [7, 11) is 1.61. The highest BCUT2D eigenvalue weighted by molar-refractivity contribution is 5.94. The maximum atomic E-state index is 11.8. The maximum absolute atomic E-state index is 11.8. The first kappa shape index (κ1) is 13.2. The number of rotatable bonds is 5. The lowest BCUT2D eigenvalue weighted by atomic mass is 10.1. The van der Waals surface area contributed by atoms with Crippen LogP contribution < -0.4 is 5.32 Å². The molecule has 1 aromatic carbocycles. The molecule has 0 aliphatic carbocycles. The molecule has 17 heavy (non-hydrogen) atoms. The van der Waals surface area contributed by atoms with E-state index < -0.39 is 0 Å². The van der Waals surface area contributed by atoms with Crippen LogP contribution in [0.1, 0.15) is 29.3 Å². The molecule has 0 aliphatic rings. The van der Waals surface area contributed by atoms with E-state index in [1.165, 1.54) is 0 Å². The molecule has 1 aromatic rings. The fourth-order valence-electron chi connectivity index (χ4n) is 1.43. The van der Waals surface area contributed by atoms with Gasteiger partial charge in [-0.15, -0.1) is 0 Å². The first-order valence-electron chi connectivity index (χ1n) is 5.51. The number of carbonyl (C=O) groups is 1. The van der Waals surface area contributed by atoms with Gasteiger partial charge in [0.25, 0.3) is 5.91 Å². The number of nitriles is 1. The van der Waals surface area contributed by atoms with Crippen molar-refractivity contribution in [3.63, 3.8) is 0 Å². The standard InChI is InChI=1S/C13H16N2O2/c1-3-12(9-17-2)15-13(16)11-6-4-10(8-14)5-7-11/h4-7,12H,3,9H2,1-2H3,(H,15,16). The maximum Gasteiger partial charge on any atom is 0.251 e. The molecule has 1 unspecified atom stereocenters. The van der Waals surface area contributed by atoms with Gasteiger partial charge in [0, 0.05) is 12.7 Å². The zero-order chi connectivity index (χ0) is 12.7. The van der Waals surface area contributed by atoms with Crippen LogP contribution in [0.5, 0.6) is 0 Å². The lowest BCUT2D eigenvalue weighted by molar-refractivity contribution is 0.0894. The third kappa shape index (κ3) is 3.89. The highest BCUT2D eigenvalue weighted by atomic mass is 16.5. The fourth-order valence-corrected chi connectivity index (χ4v) is 1.43. The summed E-state index contributed by atoms with van der Waals surface area (Å²) in [5, 5.41) is 11.5. The molecular formula is C13H16N2O2. The van der Waals surface area contributed by atoms with Crippen molar-refractivity contribution in [2.45, 2.75) is 19.4 Å². The predicted octanol–water partition coefficient (Wildman–Crippen LogP) is 1.71. The molecule has 0 fully saturated rings. The first-order chi connectivity index (χ1) is 8.21. The van der Waals surface area contributed by atoms with Crippen LogP contribution >= 0.6 is 0 Å². The lowest BCUT2D eigenvalue weighted by Crippen LogP contribution is -2.37. The smallest absolute Gasteiger partial charge is 0.251 e. The van der Waals surface area contributed by atoms with E-state index >= 15 is 0 Å². The molecule has 0 saturated carbocycles. The van der Waals surface area contributed by atoms with Gasteiger partial charge in [-0.25, -0.2) is 0 Å². The second-order valence-electron chi connectivity index (χ2n) is 3.72. The van der Waals surface area contributed by atoms with Gasteiger partial charge in [-0.1, -0.05) is 6.92 Å². The van der Waals surface area contributed by atoms with Crippen molar-refractivity contribution in [1.82, 2.24) is 5.32 Å². The van der Waals surface area contributed by atoms with Crippen LogP contribution in [0.3, 0.4) is 0 Å². The Kier molecular flexibility index (Phi) is 5.18. The average Bonchev–Trinajstić information content (AvgIpc) is 2.38. The van der Waals surface area contributed by atoms with Gasteiger partial charge < -0.3 is 10.1 Å². The summed E-state index contributed by atoms with van der Waals surface area (Å²) < 4.78 is 5.01. The Hall–Kier alpha value is -1.86. The van der Waals surface area contributed by atoms with Gasteiger partial charge in [0.1, 0.15) is 0 Å². The number of benzene rings is 1. The summed E-state index contributed by atoms with van der Waals surface area (Å²) in [6, 6.07) is 8.59. The first-order valence-corrected chi connectivity index (χ1v) is 5.51. The normalized spacial score (nSPS) is 11.6. The minimum Gasteiger partial charge on any atom is -0.383 e. The van der Waals surface area contributed by atoms with Crippen molar-refractivity contribution in [3.8, 4) is 6.07 Å². The van der Waals surface area contributed by atoms with Crippen molar-refractivity contribution >= 4 is 5.91 Å². The van der Waals surface area contributed by atoms with Gasteiger partial charge in [0.05, 0.1) is 24.3 Å². The van der Waals surface area contributed by atoms with Crippen LogP contribution in [0.25, 0.3) is 0 Å². The minimum atomic E-state index is -0.140. The van der Waals surface area contributed by atoms with Crippen molar-refractivity contribution in [2.24, 2.45) is 0 Å². The van der Waals surface area contributed by atoms with Gasteiger partial charge >= 0.3 is 0 Å². The Morgan fingerprint density at radius 3 is 2.59 bits per heavy atom. The molecule has 1 N–H and O–H groups in total. The molecule has 0 spiro atoms. The van der Waals surface area contributed by atoms with E-state index in [1.807, 2.05) is 13.0 Å². The third-order valence-electron chi connectivity index (χ3n) is 2.47. The molecule has 1 amide bonds. The second kappa shape index (κ2) is 6.66. The molecule has 0 aromatic heterocycles. The number of ether oxygens (including phenoxy) is 1. The number of nitrogens with one attached hydrogen (secondary N) is 1. The number of nitrogens with zero attached hydrogens (tertiary/aromatic N) is 1. The summed E-state index contributed by atoms with van der Waals surface area (Å²) >= 11 is 0. The van der Waals surface area contributed by atoms with Gasteiger partial charge in [0.15, 0.2) is 0 Å². The number of hydrogen-bond donors (Lipinski definition) is 1. The topological polar surface area (TPSA) is 62.1 Å². The molecule has 0 saturated heterocycles. The van der Waals surface area contributed by atoms with Crippen molar-refractivity contribution in [3.05, 3.63) is 35.4 Å². The zero-order valence-electron chi connectivity index (χ0n) is 10.1. The number of carbonyl (C=O) groups excluding carboxylic acids is 1. The Balaban J connectivity index is 2.66. The summed E-state index contributed by atoms with van der Waals surface area (Å²) in [4.78, 5) is 11.8. The Bertz CT molecular complexity index is 406. The lowest BCUT2D eigenvalue weighted by Gasteiger charge is -2.15. The third-order valence-corrected chi connectivity index (χ3v) is 2.47. The molecule has 0 bridgehead atoms. The average molecular weight is 232 g/mol. The molecule has 4 nitrogen and oxygen atoms in total. The van der Waals surface area contributed by atoms with Crippen LogP contribution in [0.4, 0.5) is 0 Å². The SMILES string of the molecule is CCC(COC)NC(=O)c1ccc(C#N)cc1. The van der Waals surface area contributed by atoms with E-state index in [0.717, 1.165) is 6.42 Å². The summed E-state index contributed by atoms with van der Waals surface area (Å²) in [5.41, 5.74) is 1.10. The van der Waals surface area contributed by atoms with E-state index in [2.05, 4.69) is 5.32 Å². The van der Waals surface area contributed by atoms with Crippen LogP contribution in [0, 0.1) is 11.3 Å². The highest BCUT2D eigenvalue weighted by Gasteiger charge is 2.11. The number of methoxy groups -OCH3 is 1. The zero-order valence-corrected chi connectivity index (χ0v) is 10.1. The van der Waals surface area contributed by atoms with Crippen LogP contribution in [0.15, 0.2) is 24.3 Å². The molecule has 4 heteroatoms. The van der Waals surface area contributed by atoms with Gasteiger partial charge in [-0.3, -0.25) is 4.79 Å². The molecule has 0 radical (unpaired) electrons. The highest BCUT2D eigenvalue weighted by Crippen LogP contribution is 2.04. The fraction of sp³-hybridized carbons (Fsp3) is 0.385. The van der Waals surface area contributed by atoms with E-state index in [4.69, 9.17) is 10.00 Å². The molecular weight excluding hydrogens is 216 g/mol. The van der Waals surface area contributed by atoms with Gasteiger partial charge in [0.2, 0.25) is 0 Å². The number of amides is 1. The van der Waals surface area contributed by atoms with Crippen LogP contribution in [-0.4, -0.2) is 25.7 Å². The monoisotopic (exact) mass is 232 g/mol. The quantitative estimate of drug-likeness (QED) is 0.840. The van der Waals surface area contributed by atoms with Crippen LogP contribution in [-0.2, 0) is 4.74 Å². The minimum absolute atomic E-state index is 0.0168. The largest absolute Gasteiger partial charge is 0.383 e. The molecule has 1 rings (SSSR count). The van der Waals surface area contributed by atoms with Crippen molar-refractivity contribution in [1.29, 1.82) is 5.26 Å². The molecule has 90 valence electrons.